The van der Waals surface area contributed by atoms with Crippen LogP contribution in [0.4, 0.5) is 0 Å². The van der Waals surface area contributed by atoms with Gasteiger partial charge >= 0.3 is 5.97 Å². The largest absolute Gasteiger partial charge is 0.481 e. The van der Waals surface area contributed by atoms with Crippen LogP contribution in [0, 0.1) is 23.7 Å². The minimum Gasteiger partial charge on any atom is -0.481 e. The first-order valence-corrected chi connectivity index (χ1v) is 7.04. The Kier molecular flexibility index (Phi) is 4.56. The predicted octanol–water partition coefficient (Wildman–Crippen LogP) is 3.05. The fourth-order valence-electron chi connectivity index (χ4n) is 3.76. The van der Waals surface area contributed by atoms with Gasteiger partial charge in [0.1, 0.15) is 6.29 Å². The Balaban J connectivity index is 1.71. The SMILES string of the molecule is O=C[C@@H]1[C@H]2CC[C@H](C2)[C@@H]1CC=CCCCC(=O)O. The van der Waals surface area contributed by atoms with Crippen LogP contribution < -0.4 is 0 Å². The number of carbonyl (C=O) groups is 2. The van der Waals surface area contributed by atoms with Crippen molar-refractivity contribution in [2.24, 2.45) is 23.7 Å². The van der Waals surface area contributed by atoms with Gasteiger partial charge in [0.25, 0.3) is 0 Å². The fraction of sp³-hybridized carbons (Fsp3) is 0.733. The molecular weight excluding hydrogens is 228 g/mol. The van der Waals surface area contributed by atoms with Crippen molar-refractivity contribution in [2.45, 2.75) is 44.9 Å². The molecule has 0 saturated heterocycles. The first-order valence-electron chi connectivity index (χ1n) is 7.04. The summed E-state index contributed by atoms with van der Waals surface area (Å²) in [6.07, 6.45) is 12.0. The molecule has 2 bridgehead atoms. The van der Waals surface area contributed by atoms with Crippen LogP contribution in [-0.4, -0.2) is 17.4 Å². The number of aldehydes is 1. The minimum atomic E-state index is -0.725. The van der Waals surface area contributed by atoms with Crippen LogP contribution in [0.5, 0.6) is 0 Å². The van der Waals surface area contributed by atoms with E-state index >= 15 is 0 Å². The predicted molar refractivity (Wildman–Crippen MR) is 69.1 cm³/mol. The number of rotatable bonds is 7. The zero-order valence-corrected chi connectivity index (χ0v) is 10.8. The van der Waals surface area contributed by atoms with Crippen LogP contribution in [0.1, 0.15) is 44.9 Å². The summed E-state index contributed by atoms with van der Waals surface area (Å²) in [4.78, 5) is 21.5. The molecule has 0 amide bonds. The van der Waals surface area contributed by atoms with Gasteiger partial charge in [-0.1, -0.05) is 12.2 Å². The third-order valence-corrected chi connectivity index (χ3v) is 4.65. The van der Waals surface area contributed by atoms with Crippen LogP contribution in [0.25, 0.3) is 0 Å². The molecule has 1 N–H and O–H groups in total. The van der Waals surface area contributed by atoms with Crippen LogP contribution >= 0.6 is 0 Å². The number of fused-ring (bicyclic) bond motifs is 2. The van der Waals surface area contributed by atoms with E-state index in [9.17, 15) is 9.59 Å². The topological polar surface area (TPSA) is 54.4 Å². The maximum atomic E-state index is 11.1. The highest BCUT2D eigenvalue weighted by molar-refractivity contribution is 5.66. The summed E-state index contributed by atoms with van der Waals surface area (Å²) in [6, 6.07) is 0. The second kappa shape index (κ2) is 6.17. The maximum absolute atomic E-state index is 11.1. The van der Waals surface area contributed by atoms with Crippen molar-refractivity contribution in [3.8, 4) is 0 Å². The molecule has 2 rings (SSSR count). The molecule has 2 aliphatic carbocycles. The van der Waals surface area contributed by atoms with E-state index < -0.39 is 5.97 Å². The first kappa shape index (κ1) is 13.3. The summed E-state index contributed by atoms with van der Waals surface area (Å²) in [7, 11) is 0. The Morgan fingerprint density at radius 2 is 2.00 bits per heavy atom. The molecule has 0 aliphatic heterocycles. The van der Waals surface area contributed by atoms with Gasteiger partial charge in [-0.15, -0.1) is 0 Å². The van der Waals surface area contributed by atoms with Gasteiger partial charge in [-0.2, -0.15) is 0 Å². The van der Waals surface area contributed by atoms with E-state index in [0.29, 0.717) is 18.3 Å². The van der Waals surface area contributed by atoms with Crippen LogP contribution in [0.15, 0.2) is 12.2 Å². The lowest BCUT2D eigenvalue weighted by Gasteiger charge is -2.26. The van der Waals surface area contributed by atoms with Crippen molar-refractivity contribution in [3.05, 3.63) is 12.2 Å². The van der Waals surface area contributed by atoms with Gasteiger partial charge in [0.15, 0.2) is 0 Å². The number of hydrogen-bond donors (Lipinski definition) is 1. The molecule has 2 aliphatic rings. The smallest absolute Gasteiger partial charge is 0.303 e. The zero-order valence-electron chi connectivity index (χ0n) is 10.8. The average Bonchev–Trinajstić information content (AvgIpc) is 2.93. The van der Waals surface area contributed by atoms with E-state index in [1.165, 1.54) is 25.5 Å². The third kappa shape index (κ3) is 3.01. The number of carboxylic acids is 1. The van der Waals surface area contributed by atoms with Crippen molar-refractivity contribution >= 4 is 12.3 Å². The van der Waals surface area contributed by atoms with E-state index in [0.717, 1.165) is 18.8 Å². The average molecular weight is 250 g/mol. The Morgan fingerprint density at radius 3 is 2.72 bits per heavy atom. The molecule has 0 heterocycles. The maximum Gasteiger partial charge on any atom is 0.303 e. The molecule has 0 aromatic rings. The summed E-state index contributed by atoms with van der Waals surface area (Å²) in [6.45, 7) is 0. The number of hydrogen-bond acceptors (Lipinski definition) is 2. The summed E-state index contributed by atoms with van der Waals surface area (Å²) in [5.74, 6) is 1.52. The van der Waals surface area contributed by atoms with Gasteiger partial charge in [-0.25, -0.2) is 0 Å². The standard InChI is InChI=1S/C15H22O3/c16-10-14-12-8-7-11(9-12)13(14)5-3-1-2-4-6-15(17)18/h1,3,10-14H,2,4-9H2,(H,17,18)/t11-,12+,13+,14-/m1/s1. The van der Waals surface area contributed by atoms with Crippen LogP contribution in [0.3, 0.4) is 0 Å². The lowest BCUT2D eigenvalue weighted by atomic mass is 9.78. The van der Waals surface area contributed by atoms with Crippen molar-refractivity contribution < 1.29 is 14.7 Å². The Labute approximate surface area is 108 Å². The summed E-state index contributed by atoms with van der Waals surface area (Å²) in [5.41, 5.74) is 0. The Hall–Kier alpha value is -1.12. The molecule has 0 radical (unpaired) electrons. The number of aliphatic carboxylic acids is 1. The fourth-order valence-corrected chi connectivity index (χ4v) is 3.76. The molecule has 4 atom stereocenters. The lowest BCUT2D eigenvalue weighted by molar-refractivity contribution is -0.137. The molecule has 18 heavy (non-hydrogen) atoms. The van der Waals surface area contributed by atoms with Crippen molar-refractivity contribution in [1.82, 2.24) is 0 Å². The van der Waals surface area contributed by atoms with Gasteiger partial charge < -0.3 is 9.90 Å². The van der Waals surface area contributed by atoms with E-state index in [1.807, 2.05) is 0 Å². The van der Waals surface area contributed by atoms with E-state index in [-0.39, 0.29) is 12.3 Å². The van der Waals surface area contributed by atoms with E-state index in [2.05, 4.69) is 12.2 Å². The molecule has 0 spiro atoms. The number of carboxylic acid groups (broad SMARTS) is 1. The number of carbonyl (C=O) groups excluding carboxylic acids is 1. The molecule has 0 aromatic heterocycles. The van der Waals surface area contributed by atoms with Crippen LogP contribution in [-0.2, 0) is 9.59 Å². The Bertz CT molecular complexity index is 335. The third-order valence-electron chi connectivity index (χ3n) is 4.65. The van der Waals surface area contributed by atoms with Crippen molar-refractivity contribution in [2.75, 3.05) is 0 Å². The van der Waals surface area contributed by atoms with Crippen LogP contribution in [0.2, 0.25) is 0 Å². The monoisotopic (exact) mass is 250 g/mol. The minimum absolute atomic E-state index is 0.245. The van der Waals surface area contributed by atoms with Gasteiger partial charge in [0.2, 0.25) is 0 Å². The Morgan fingerprint density at radius 1 is 1.22 bits per heavy atom. The quantitative estimate of drug-likeness (QED) is 0.429. The van der Waals surface area contributed by atoms with Gasteiger partial charge in [0, 0.05) is 12.3 Å². The second-order valence-electron chi connectivity index (χ2n) is 5.70. The van der Waals surface area contributed by atoms with E-state index in [1.54, 1.807) is 0 Å². The number of allylic oxidation sites excluding steroid dienone is 2. The normalized spacial score (nSPS) is 34.2. The molecule has 3 nitrogen and oxygen atoms in total. The molecule has 0 aromatic carbocycles. The molecule has 2 saturated carbocycles. The van der Waals surface area contributed by atoms with Gasteiger partial charge in [-0.3, -0.25) is 4.79 Å². The van der Waals surface area contributed by atoms with Crippen molar-refractivity contribution in [3.63, 3.8) is 0 Å². The molecule has 100 valence electrons. The van der Waals surface area contributed by atoms with E-state index in [4.69, 9.17) is 5.11 Å². The highest BCUT2D eigenvalue weighted by atomic mass is 16.4. The summed E-state index contributed by atoms with van der Waals surface area (Å²) >= 11 is 0. The zero-order chi connectivity index (χ0) is 13.0. The summed E-state index contributed by atoms with van der Waals surface area (Å²) in [5, 5.41) is 8.52. The molecule has 0 unspecified atom stereocenters. The highest BCUT2D eigenvalue weighted by Crippen LogP contribution is 2.52. The van der Waals surface area contributed by atoms with Gasteiger partial charge in [0.05, 0.1) is 0 Å². The van der Waals surface area contributed by atoms with Gasteiger partial charge in [-0.05, 0) is 56.3 Å². The molecule has 3 heteroatoms. The van der Waals surface area contributed by atoms with Crippen molar-refractivity contribution in [1.29, 1.82) is 0 Å². The molecule has 2 fully saturated rings. The second-order valence-corrected chi connectivity index (χ2v) is 5.70. The number of unbranched alkanes of at least 4 members (excludes halogenated alkanes) is 1. The first-order chi connectivity index (χ1) is 8.72. The molecular formula is C15H22O3. The lowest BCUT2D eigenvalue weighted by Crippen LogP contribution is -2.22. The summed E-state index contributed by atoms with van der Waals surface area (Å²) < 4.78 is 0. The highest BCUT2D eigenvalue weighted by Gasteiger charge is 2.46.